The molecule has 1 aromatic rings. The van der Waals surface area contributed by atoms with Crippen molar-refractivity contribution in [3.05, 3.63) is 29.5 Å². The van der Waals surface area contributed by atoms with Gasteiger partial charge in [-0.2, -0.15) is 8.42 Å². The molecule has 1 heterocycles. The zero-order valence-electron chi connectivity index (χ0n) is 13.3. The molecule has 136 valence electrons. The van der Waals surface area contributed by atoms with Gasteiger partial charge in [0, 0.05) is 0 Å². The van der Waals surface area contributed by atoms with E-state index >= 15 is 0 Å². The Morgan fingerprint density at radius 1 is 1.20 bits per heavy atom. The van der Waals surface area contributed by atoms with Crippen LogP contribution in [0.25, 0.3) is 0 Å². The van der Waals surface area contributed by atoms with Crippen molar-refractivity contribution in [2.75, 3.05) is 32.5 Å². The van der Waals surface area contributed by atoms with E-state index in [4.69, 9.17) is 9.29 Å². The van der Waals surface area contributed by atoms with Gasteiger partial charge in [0.1, 0.15) is 18.2 Å². The van der Waals surface area contributed by atoms with Crippen LogP contribution >= 0.6 is 0 Å². The average Bonchev–Trinajstić information content (AvgIpc) is 2.59. The second kappa shape index (κ2) is 7.09. The predicted octanol–water partition coefficient (Wildman–Crippen LogP) is 0.0331. The molecule has 0 saturated heterocycles. The number of ether oxygens (including phenoxy) is 3. The first-order valence-corrected chi connectivity index (χ1v) is 8.20. The normalized spacial score (nSPS) is 15.1. The molecule has 0 amide bonds. The van der Waals surface area contributed by atoms with E-state index < -0.39 is 32.7 Å². The summed E-state index contributed by atoms with van der Waals surface area (Å²) in [5.74, 6) is -2.18. The van der Waals surface area contributed by atoms with Crippen LogP contribution in [-0.4, -0.2) is 57.6 Å². The molecule has 1 aliphatic rings. The number of phenols is 1. The summed E-state index contributed by atoms with van der Waals surface area (Å²) in [4.78, 5) is 24.6. The molecular weight excluding hydrogens is 358 g/mol. The molecule has 1 aliphatic heterocycles. The molecule has 10 nitrogen and oxygen atoms in total. The van der Waals surface area contributed by atoms with Crippen molar-refractivity contribution in [1.82, 2.24) is 0 Å². The van der Waals surface area contributed by atoms with E-state index in [0.29, 0.717) is 0 Å². The number of carbonyl (C=O) groups excluding carboxylic acids is 2. The van der Waals surface area contributed by atoms with Crippen molar-refractivity contribution in [2.24, 2.45) is 0 Å². The largest absolute Gasteiger partial charge is 0.506 e. The summed E-state index contributed by atoms with van der Waals surface area (Å²) >= 11 is 0. The highest BCUT2D eigenvalue weighted by atomic mass is 32.2. The number of aromatic hydroxyl groups is 1. The Bertz CT molecular complexity index is 844. The summed E-state index contributed by atoms with van der Waals surface area (Å²) in [6, 6.07) is 2.92. The standard InChI is InChI=1S/C14H15NO9S/c1-22-13(17)9-6-24-7-15(12(9)14(18)23-2)10-5-8(25(19,20)21)3-4-11(10)16/h3-5,16H,6-7H2,1-2H3,(H,19,20,21). The average molecular weight is 373 g/mol. The lowest BCUT2D eigenvalue weighted by Gasteiger charge is -2.31. The van der Waals surface area contributed by atoms with E-state index in [0.717, 1.165) is 37.3 Å². The zero-order chi connectivity index (χ0) is 18.8. The number of hydrogen-bond donors (Lipinski definition) is 2. The molecule has 25 heavy (non-hydrogen) atoms. The first-order valence-electron chi connectivity index (χ1n) is 6.76. The molecule has 0 bridgehead atoms. The van der Waals surface area contributed by atoms with Crippen molar-refractivity contribution < 1.29 is 41.9 Å². The summed E-state index contributed by atoms with van der Waals surface area (Å²) in [6.45, 7) is -0.528. The van der Waals surface area contributed by atoms with Gasteiger partial charge in [-0.15, -0.1) is 0 Å². The summed E-state index contributed by atoms with van der Waals surface area (Å²) in [7, 11) is -2.36. The second-order valence-corrected chi connectivity index (χ2v) is 6.26. The van der Waals surface area contributed by atoms with E-state index in [9.17, 15) is 23.1 Å². The third-order valence-electron chi connectivity index (χ3n) is 3.37. The number of carbonyl (C=O) groups is 2. The molecule has 0 fully saturated rings. The van der Waals surface area contributed by atoms with Gasteiger partial charge in [0.25, 0.3) is 10.1 Å². The Labute approximate surface area is 143 Å². The summed E-state index contributed by atoms with van der Waals surface area (Å²) < 4.78 is 46.3. The number of hydrogen-bond acceptors (Lipinski definition) is 9. The number of phenolic OH excluding ortho intramolecular Hbond substituents is 1. The third-order valence-corrected chi connectivity index (χ3v) is 4.22. The van der Waals surface area contributed by atoms with Gasteiger partial charge >= 0.3 is 11.9 Å². The Morgan fingerprint density at radius 2 is 1.84 bits per heavy atom. The number of esters is 2. The van der Waals surface area contributed by atoms with Gasteiger partial charge in [-0.05, 0) is 18.2 Å². The van der Waals surface area contributed by atoms with Gasteiger partial charge in [0.05, 0.1) is 37.0 Å². The molecule has 0 saturated carbocycles. The lowest BCUT2D eigenvalue weighted by atomic mass is 10.1. The van der Waals surface area contributed by atoms with Crippen LogP contribution in [0.2, 0.25) is 0 Å². The predicted molar refractivity (Wildman–Crippen MR) is 82.3 cm³/mol. The minimum atomic E-state index is -4.56. The summed E-state index contributed by atoms with van der Waals surface area (Å²) in [5, 5.41) is 10.0. The fourth-order valence-electron chi connectivity index (χ4n) is 2.21. The fraction of sp³-hybridized carbons (Fsp3) is 0.286. The first kappa shape index (κ1) is 18.7. The second-order valence-electron chi connectivity index (χ2n) is 4.84. The van der Waals surface area contributed by atoms with E-state index in [2.05, 4.69) is 9.47 Å². The molecule has 0 aliphatic carbocycles. The molecule has 0 radical (unpaired) electrons. The maximum absolute atomic E-state index is 12.1. The lowest BCUT2D eigenvalue weighted by Crippen LogP contribution is -2.38. The van der Waals surface area contributed by atoms with Crippen LogP contribution in [0, 0.1) is 0 Å². The van der Waals surface area contributed by atoms with Gasteiger partial charge < -0.3 is 24.2 Å². The molecule has 2 N–H and O–H groups in total. The Kier molecular flexibility index (Phi) is 5.30. The molecule has 0 aromatic heterocycles. The highest BCUT2D eigenvalue weighted by molar-refractivity contribution is 7.85. The molecular formula is C14H15NO9S. The number of rotatable bonds is 4. The van der Waals surface area contributed by atoms with E-state index in [1.807, 2.05) is 0 Å². The number of benzene rings is 1. The number of methoxy groups -OCH3 is 2. The van der Waals surface area contributed by atoms with Crippen LogP contribution in [0.5, 0.6) is 5.75 Å². The molecule has 11 heteroatoms. The van der Waals surface area contributed by atoms with Crippen LogP contribution in [0.3, 0.4) is 0 Å². The maximum Gasteiger partial charge on any atom is 0.355 e. The van der Waals surface area contributed by atoms with Crippen LogP contribution < -0.4 is 4.90 Å². The van der Waals surface area contributed by atoms with Crippen LogP contribution in [0.15, 0.2) is 34.4 Å². The highest BCUT2D eigenvalue weighted by Gasteiger charge is 2.34. The zero-order valence-corrected chi connectivity index (χ0v) is 14.1. The minimum absolute atomic E-state index is 0.169. The molecule has 2 rings (SSSR count). The van der Waals surface area contributed by atoms with Crippen LogP contribution in [-0.2, 0) is 33.9 Å². The Morgan fingerprint density at radius 3 is 2.40 bits per heavy atom. The van der Waals surface area contributed by atoms with E-state index in [1.54, 1.807) is 0 Å². The molecule has 1 aromatic carbocycles. The quantitative estimate of drug-likeness (QED) is 0.549. The van der Waals surface area contributed by atoms with Crippen molar-refractivity contribution in [3.8, 4) is 5.75 Å². The van der Waals surface area contributed by atoms with Crippen LogP contribution in [0.4, 0.5) is 5.69 Å². The van der Waals surface area contributed by atoms with Crippen molar-refractivity contribution in [2.45, 2.75) is 4.90 Å². The van der Waals surface area contributed by atoms with Crippen molar-refractivity contribution in [3.63, 3.8) is 0 Å². The Hall–Kier alpha value is -2.63. The molecule has 0 spiro atoms. The summed E-state index contributed by atoms with van der Waals surface area (Å²) in [6.07, 6.45) is 0. The van der Waals surface area contributed by atoms with E-state index in [-0.39, 0.29) is 30.3 Å². The number of nitrogens with zero attached hydrogens (tertiary/aromatic N) is 1. The SMILES string of the molecule is COC(=O)C1=C(C(=O)OC)N(c2cc(S(=O)(=O)O)ccc2O)COC1. The van der Waals surface area contributed by atoms with Gasteiger partial charge in [-0.3, -0.25) is 4.55 Å². The Balaban J connectivity index is 2.67. The van der Waals surface area contributed by atoms with Gasteiger partial charge in [-0.1, -0.05) is 0 Å². The van der Waals surface area contributed by atoms with Gasteiger partial charge in [0.15, 0.2) is 0 Å². The van der Waals surface area contributed by atoms with E-state index in [1.165, 1.54) is 0 Å². The fourth-order valence-corrected chi connectivity index (χ4v) is 2.71. The topological polar surface area (TPSA) is 140 Å². The van der Waals surface area contributed by atoms with Crippen molar-refractivity contribution >= 4 is 27.7 Å². The smallest absolute Gasteiger partial charge is 0.355 e. The lowest BCUT2D eigenvalue weighted by molar-refractivity contribution is -0.140. The van der Waals surface area contributed by atoms with Gasteiger partial charge in [-0.25, -0.2) is 9.59 Å². The van der Waals surface area contributed by atoms with Crippen LogP contribution in [0.1, 0.15) is 0 Å². The minimum Gasteiger partial charge on any atom is -0.506 e. The monoisotopic (exact) mass is 373 g/mol. The molecule has 0 atom stereocenters. The van der Waals surface area contributed by atoms with Gasteiger partial charge in [0.2, 0.25) is 0 Å². The first-order chi connectivity index (χ1) is 11.7. The highest BCUT2D eigenvalue weighted by Crippen LogP contribution is 2.35. The third kappa shape index (κ3) is 3.73. The summed E-state index contributed by atoms with van der Waals surface area (Å²) in [5.41, 5.74) is -0.628. The maximum atomic E-state index is 12.1. The van der Waals surface area contributed by atoms with Crippen molar-refractivity contribution in [1.29, 1.82) is 0 Å². The number of anilines is 1. The molecule has 0 unspecified atom stereocenters.